The van der Waals surface area contributed by atoms with Crippen molar-refractivity contribution in [3.8, 4) is 0 Å². The second-order valence-electron chi connectivity index (χ2n) is 7.44. The summed E-state index contributed by atoms with van der Waals surface area (Å²) in [6.45, 7) is 3.21. The largest absolute Gasteiger partial charge is 0.496 e. The van der Waals surface area contributed by atoms with Crippen molar-refractivity contribution in [2.24, 2.45) is 0 Å². The minimum atomic E-state index is -5.24. The summed E-state index contributed by atoms with van der Waals surface area (Å²) < 4.78 is 53.8. The van der Waals surface area contributed by atoms with E-state index in [4.69, 9.17) is 4.74 Å². The summed E-state index contributed by atoms with van der Waals surface area (Å²) in [5.41, 5.74) is -1.27. The molecule has 166 valence electrons. The van der Waals surface area contributed by atoms with Crippen LogP contribution in [-0.2, 0) is 24.6 Å². The van der Waals surface area contributed by atoms with E-state index in [-0.39, 0.29) is 11.0 Å². The quantitative estimate of drug-likeness (QED) is 0.598. The number of benzene rings is 1. The van der Waals surface area contributed by atoms with Crippen LogP contribution in [-0.4, -0.2) is 69.0 Å². The highest BCUT2D eigenvalue weighted by atomic mass is 32.2. The lowest BCUT2D eigenvalue weighted by Gasteiger charge is -2.37. The molecular weight excluding hydrogens is 442 g/mol. The van der Waals surface area contributed by atoms with Gasteiger partial charge in [0, 0.05) is 6.26 Å². The number of nitrogens with one attached hydrogen (secondary N) is 1. The molecule has 14 heteroatoms. The Morgan fingerprint density at radius 1 is 1.13 bits per heavy atom. The SMILES string of the molecule is CC(C)(C)OC(=O)N([N+]1(C(=O)[O-])CCNC1=O)S(=O)(=O)c1ccccc1S(C)(=O)=O. The summed E-state index contributed by atoms with van der Waals surface area (Å²) in [4.78, 5) is 35.7. The number of imide groups is 1. The van der Waals surface area contributed by atoms with Gasteiger partial charge >= 0.3 is 22.1 Å². The fraction of sp³-hybridized carbons (Fsp3) is 0.438. The Bertz CT molecular complexity index is 1110. The van der Waals surface area contributed by atoms with Crippen LogP contribution in [0.25, 0.3) is 0 Å². The highest BCUT2D eigenvalue weighted by Crippen LogP contribution is 2.31. The molecule has 1 heterocycles. The summed E-state index contributed by atoms with van der Waals surface area (Å²) >= 11 is 0. The summed E-state index contributed by atoms with van der Waals surface area (Å²) in [7, 11) is -9.35. The molecule has 1 aliphatic heterocycles. The molecule has 0 saturated carbocycles. The molecule has 1 aromatic carbocycles. The third kappa shape index (κ3) is 4.11. The first-order chi connectivity index (χ1) is 13.5. The number of carbonyl (C=O) groups excluding carboxylic acids is 3. The maximum absolute atomic E-state index is 13.4. The first-order valence-electron chi connectivity index (χ1n) is 8.51. The molecule has 1 aromatic rings. The normalized spacial score (nSPS) is 19.8. The van der Waals surface area contributed by atoms with Gasteiger partial charge in [-0.25, -0.2) is 18.0 Å². The summed E-state index contributed by atoms with van der Waals surface area (Å²) in [5, 5.41) is 14.1. The van der Waals surface area contributed by atoms with E-state index in [0.29, 0.717) is 0 Å². The van der Waals surface area contributed by atoms with Crippen LogP contribution in [0.2, 0.25) is 0 Å². The molecule has 0 aromatic heterocycles. The van der Waals surface area contributed by atoms with Gasteiger partial charge in [-0.05, 0) is 37.3 Å². The first kappa shape index (κ1) is 23.6. The number of carbonyl (C=O) groups is 3. The van der Waals surface area contributed by atoms with Crippen LogP contribution in [0, 0.1) is 0 Å². The molecule has 1 atom stereocenters. The molecular formula is C16H21N3O9S2. The smallest absolute Gasteiger partial charge is 0.471 e. The molecule has 1 aliphatic rings. The number of urea groups is 1. The molecule has 0 bridgehead atoms. The fourth-order valence-corrected chi connectivity index (χ4v) is 5.87. The van der Waals surface area contributed by atoms with Gasteiger partial charge in [-0.15, -0.1) is 0 Å². The second-order valence-corrected chi connectivity index (χ2v) is 11.2. The van der Waals surface area contributed by atoms with Gasteiger partial charge in [-0.1, -0.05) is 16.7 Å². The molecule has 1 saturated heterocycles. The Morgan fingerprint density at radius 3 is 2.07 bits per heavy atom. The number of hydrogen-bond acceptors (Lipinski definition) is 9. The molecule has 1 fully saturated rings. The van der Waals surface area contributed by atoms with Crippen LogP contribution in [0.15, 0.2) is 34.1 Å². The molecule has 0 spiro atoms. The molecule has 0 radical (unpaired) electrons. The first-order valence-corrected chi connectivity index (χ1v) is 11.8. The van der Waals surface area contributed by atoms with Gasteiger partial charge in [0.05, 0.1) is 11.4 Å². The van der Waals surface area contributed by atoms with E-state index in [1.54, 1.807) is 0 Å². The molecule has 30 heavy (non-hydrogen) atoms. The number of ether oxygens (including phenoxy) is 1. The Hall–Kier alpha value is -2.71. The standard InChI is InChI=1S/C16H21N3O9S2/c1-16(2,3)28-14(21)18(19(15(22)23)10-9-17-13(19)20)30(26,27)12-8-6-5-7-11(12)29(4,24)25/h5-8H,9-10H2,1-4H3,(H-,17,20,22,23). The van der Waals surface area contributed by atoms with Crippen molar-refractivity contribution in [3.05, 3.63) is 24.3 Å². The van der Waals surface area contributed by atoms with Crippen molar-refractivity contribution in [1.29, 1.82) is 0 Å². The molecule has 1 N–H and O–H groups in total. The summed E-state index contributed by atoms with van der Waals surface area (Å²) in [5.74, 6) is 0. The lowest BCUT2D eigenvalue weighted by Crippen LogP contribution is -2.72. The van der Waals surface area contributed by atoms with E-state index in [1.807, 2.05) is 0 Å². The van der Waals surface area contributed by atoms with Crippen molar-refractivity contribution in [2.75, 3.05) is 19.3 Å². The number of sulfone groups is 1. The Balaban J connectivity index is 2.86. The van der Waals surface area contributed by atoms with Crippen LogP contribution < -0.4 is 10.4 Å². The van der Waals surface area contributed by atoms with Gasteiger partial charge in [0.2, 0.25) is 0 Å². The maximum Gasteiger partial charge on any atom is 0.471 e. The predicted molar refractivity (Wildman–Crippen MR) is 98.7 cm³/mol. The number of sulfonamides is 1. The topological polar surface area (TPSA) is 167 Å². The number of quaternary nitrogens is 1. The van der Waals surface area contributed by atoms with Crippen LogP contribution in [0.4, 0.5) is 14.4 Å². The summed E-state index contributed by atoms with van der Waals surface area (Å²) in [6, 6.07) is 2.92. The third-order valence-electron chi connectivity index (χ3n) is 3.96. The van der Waals surface area contributed by atoms with E-state index >= 15 is 0 Å². The van der Waals surface area contributed by atoms with E-state index in [0.717, 1.165) is 18.4 Å². The van der Waals surface area contributed by atoms with Crippen LogP contribution in [0.1, 0.15) is 20.8 Å². The molecule has 4 amide bonds. The minimum absolute atomic E-state index is 0.282. The van der Waals surface area contributed by atoms with E-state index in [9.17, 15) is 36.3 Å². The van der Waals surface area contributed by atoms with Crippen molar-refractivity contribution in [3.63, 3.8) is 0 Å². The average Bonchev–Trinajstić information content (AvgIpc) is 2.94. The van der Waals surface area contributed by atoms with Gasteiger partial charge in [-0.3, -0.25) is 5.32 Å². The number of amides is 4. The van der Waals surface area contributed by atoms with Crippen molar-refractivity contribution >= 4 is 38.1 Å². The van der Waals surface area contributed by atoms with Crippen LogP contribution in [0.3, 0.4) is 0 Å². The van der Waals surface area contributed by atoms with Crippen molar-refractivity contribution in [1.82, 2.24) is 9.73 Å². The van der Waals surface area contributed by atoms with Crippen molar-refractivity contribution in [2.45, 2.75) is 36.2 Å². The Morgan fingerprint density at radius 2 is 1.67 bits per heavy atom. The van der Waals surface area contributed by atoms with Gasteiger partial charge in [-0.2, -0.15) is 8.42 Å². The van der Waals surface area contributed by atoms with Crippen molar-refractivity contribution < 1.29 is 45.7 Å². The summed E-state index contributed by atoms with van der Waals surface area (Å²) in [6.07, 6.45) is -3.16. The molecule has 1 unspecified atom stereocenters. The van der Waals surface area contributed by atoms with Gasteiger partial charge in [0.1, 0.15) is 17.0 Å². The van der Waals surface area contributed by atoms with Crippen LogP contribution in [0.5, 0.6) is 0 Å². The van der Waals surface area contributed by atoms with E-state index in [2.05, 4.69) is 5.32 Å². The lowest BCUT2D eigenvalue weighted by atomic mass is 10.2. The monoisotopic (exact) mass is 463 g/mol. The molecule has 12 nitrogen and oxygen atoms in total. The van der Waals surface area contributed by atoms with Gasteiger partial charge in [0.15, 0.2) is 9.84 Å². The number of hydrogen-bond donors (Lipinski definition) is 1. The lowest BCUT2D eigenvalue weighted by molar-refractivity contribution is -0.875. The van der Waals surface area contributed by atoms with Crippen LogP contribution >= 0.6 is 0 Å². The van der Waals surface area contributed by atoms with E-state index < -0.39 is 64.6 Å². The fourth-order valence-electron chi connectivity index (χ4n) is 2.76. The Kier molecular flexibility index (Phi) is 5.91. The van der Waals surface area contributed by atoms with Gasteiger partial charge in [0.25, 0.3) is 6.09 Å². The second kappa shape index (κ2) is 7.52. The molecule has 2 rings (SSSR count). The van der Waals surface area contributed by atoms with E-state index in [1.165, 1.54) is 32.9 Å². The Labute approximate surface area is 173 Å². The molecule has 0 aliphatic carbocycles. The maximum atomic E-state index is 13.4. The number of carboxylic acid groups (broad SMARTS) is 1. The minimum Gasteiger partial charge on any atom is -0.496 e. The zero-order valence-corrected chi connectivity index (χ0v) is 18.2. The average molecular weight is 463 g/mol. The van der Waals surface area contributed by atoms with Gasteiger partial charge < -0.3 is 14.6 Å². The third-order valence-corrected chi connectivity index (χ3v) is 7.04. The zero-order valence-electron chi connectivity index (χ0n) is 16.6. The highest BCUT2D eigenvalue weighted by molar-refractivity contribution is 7.93. The zero-order chi connectivity index (χ0) is 23.1. The number of nitrogens with zero attached hydrogens (tertiary/aromatic N) is 2. The predicted octanol–water partition coefficient (Wildman–Crippen LogP) is -0.186. The highest BCUT2D eigenvalue weighted by Gasteiger charge is 2.60. The number of rotatable bonds is 3.